The van der Waals surface area contributed by atoms with Gasteiger partial charge < -0.3 is 10.2 Å². The fourth-order valence-corrected chi connectivity index (χ4v) is 4.63. The molecular weight excluding hydrogens is 424 g/mol. The van der Waals surface area contributed by atoms with E-state index < -0.39 is 12.0 Å². The summed E-state index contributed by atoms with van der Waals surface area (Å²) in [7, 11) is 0. The number of piperidine rings is 1. The molecule has 0 bridgehead atoms. The van der Waals surface area contributed by atoms with Crippen molar-refractivity contribution in [1.82, 2.24) is 4.90 Å². The maximum atomic E-state index is 11.6. The Hall–Kier alpha value is -3.88. The van der Waals surface area contributed by atoms with Gasteiger partial charge in [-0.25, -0.2) is 0 Å². The molecule has 5 heteroatoms. The molecule has 1 aliphatic heterocycles. The number of aromatic hydroxyl groups is 1. The van der Waals surface area contributed by atoms with E-state index in [2.05, 4.69) is 6.07 Å². The van der Waals surface area contributed by atoms with Crippen LogP contribution in [0.3, 0.4) is 0 Å². The Kier molecular flexibility index (Phi) is 7.10. The van der Waals surface area contributed by atoms with Crippen molar-refractivity contribution in [2.24, 2.45) is 0 Å². The zero-order valence-electron chi connectivity index (χ0n) is 19.2. The van der Waals surface area contributed by atoms with Crippen LogP contribution in [0.1, 0.15) is 47.1 Å². The summed E-state index contributed by atoms with van der Waals surface area (Å²) >= 11 is 0. The average molecular weight is 453 g/mol. The zero-order chi connectivity index (χ0) is 24.1. The van der Waals surface area contributed by atoms with Gasteiger partial charge >= 0.3 is 5.97 Å². The first kappa shape index (κ1) is 23.3. The summed E-state index contributed by atoms with van der Waals surface area (Å²) in [6.07, 6.45) is 6.33. The second kappa shape index (κ2) is 10.4. The number of hydrogen-bond acceptors (Lipinski definition) is 4. The Labute approximate surface area is 200 Å². The predicted octanol–water partition coefficient (Wildman–Crippen LogP) is 5.85. The topological polar surface area (TPSA) is 84.6 Å². The molecule has 1 fully saturated rings. The largest absolute Gasteiger partial charge is 0.508 e. The second-order valence-electron chi connectivity index (χ2n) is 8.74. The van der Waals surface area contributed by atoms with Crippen molar-refractivity contribution in [3.05, 3.63) is 88.5 Å². The maximum Gasteiger partial charge on any atom is 0.320 e. The smallest absolute Gasteiger partial charge is 0.320 e. The molecule has 3 aromatic rings. The molecular formula is C29H28N2O3. The Balaban J connectivity index is 1.60. The van der Waals surface area contributed by atoms with E-state index in [-0.39, 0.29) is 5.75 Å². The molecule has 0 unspecified atom stereocenters. The Bertz CT molecular complexity index is 1260. The van der Waals surface area contributed by atoms with E-state index in [4.69, 9.17) is 0 Å². The van der Waals surface area contributed by atoms with E-state index in [1.807, 2.05) is 78.6 Å². The van der Waals surface area contributed by atoms with Crippen LogP contribution in [0, 0.1) is 18.3 Å². The van der Waals surface area contributed by atoms with E-state index in [0.29, 0.717) is 25.1 Å². The lowest BCUT2D eigenvalue weighted by molar-refractivity contribution is -0.144. The lowest BCUT2D eigenvalue weighted by atomic mass is 9.95. The number of rotatable bonds is 6. The molecule has 0 aromatic heterocycles. The van der Waals surface area contributed by atoms with Gasteiger partial charge in [0.1, 0.15) is 17.9 Å². The lowest BCUT2D eigenvalue weighted by Crippen LogP contribution is -2.44. The van der Waals surface area contributed by atoms with Crippen LogP contribution in [-0.2, 0) is 11.3 Å². The highest BCUT2D eigenvalue weighted by Gasteiger charge is 2.28. The summed E-state index contributed by atoms with van der Waals surface area (Å²) in [6.45, 7) is 3.09. The number of aryl methyl sites for hydroxylation is 1. The van der Waals surface area contributed by atoms with E-state index >= 15 is 0 Å². The molecule has 4 rings (SSSR count). The predicted molar refractivity (Wildman–Crippen MR) is 134 cm³/mol. The summed E-state index contributed by atoms with van der Waals surface area (Å²) in [5.41, 5.74) is 5.85. The Morgan fingerprint density at radius 2 is 1.85 bits per heavy atom. The van der Waals surface area contributed by atoms with E-state index in [1.54, 1.807) is 6.07 Å². The standard InChI is InChI=1S/C29H28N2O3/c1-20-16-24(19-31-15-6-5-12-27(31)29(33)34)28(32)17-23(20)14-13-22-10-7-11-25(26(22)18-30)21-8-3-2-4-9-21/h2-4,7-11,13-14,16-17,27,32H,5-6,12,15,19H2,1H3,(H,33,34)/b14-13+/t27-/m0/s1. The maximum absolute atomic E-state index is 11.6. The van der Waals surface area contributed by atoms with Crippen LogP contribution >= 0.6 is 0 Å². The van der Waals surface area contributed by atoms with Crippen LogP contribution in [0.25, 0.3) is 23.3 Å². The first-order chi connectivity index (χ1) is 16.5. The molecule has 3 aromatic carbocycles. The molecule has 1 aliphatic rings. The first-order valence-electron chi connectivity index (χ1n) is 11.5. The number of carboxylic acid groups (broad SMARTS) is 1. The summed E-state index contributed by atoms with van der Waals surface area (Å²) in [6, 6.07) is 21.1. The number of hydrogen-bond donors (Lipinski definition) is 2. The summed E-state index contributed by atoms with van der Waals surface area (Å²) in [5.74, 6) is -0.653. The van der Waals surface area contributed by atoms with Gasteiger partial charge in [-0.2, -0.15) is 5.26 Å². The molecule has 0 amide bonds. The van der Waals surface area contributed by atoms with Gasteiger partial charge in [-0.05, 0) is 54.6 Å². The molecule has 1 saturated heterocycles. The second-order valence-corrected chi connectivity index (χ2v) is 8.74. The molecule has 0 aliphatic carbocycles. The summed E-state index contributed by atoms with van der Waals surface area (Å²) in [5, 5.41) is 30.1. The molecule has 1 heterocycles. The Morgan fingerprint density at radius 1 is 1.09 bits per heavy atom. The third kappa shape index (κ3) is 5.03. The quantitative estimate of drug-likeness (QED) is 0.458. The van der Waals surface area contributed by atoms with Crippen LogP contribution in [0.5, 0.6) is 5.75 Å². The van der Waals surface area contributed by atoms with Crippen molar-refractivity contribution in [2.75, 3.05) is 6.54 Å². The minimum Gasteiger partial charge on any atom is -0.508 e. The number of aliphatic carboxylic acids is 1. The molecule has 0 saturated carbocycles. The normalized spacial score (nSPS) is 16.4. The number of carboxylic acids is 1. The van der Waals surface area contributed by atoms with Gasteiger partial charge in [0, 0.05) is 17.7 Å². The van der Waals surface area contributed by atoms with Crippen molar-refractivity contribution in [2.45, 2.75) is 38.8 Å². The number of benzene rings is 3. The molecule has 0 spiro atoms. The third-order valence-electron chi connectivity index (χ3n) is 6.48. The molecule has 1 atom stereocenters. The molecule has 5 nitrogen and oxygen atoms in total. The van der Waals surface area contributed by atoms with Crippen LogP contribution < -0.4 is 0 Å². The van der Waals surface area contributed by atoms with Crippen LogP contribution in [-0.4, -0.2) is 33.7 Å². The number of phenolic OH excluding ortho intramolecular Hbond substituents is 1. The fraction of sp³-hybridized carbons (Fsp3) is 0.241. The lowest BCUT2D eigenvalue weighted by Gasteiger charge is -2.33. The van der Waals surface area contributed by atoms with E-state index in [1.165, 1.54) is 0 Å². The van der Waals surface area contributed by atoms with Gasteiger partial charge in [-0.3, -0.25) is 9.69 Å². The van der Waals surface area contributed by atoms with Crippen molar-refractivity contribution >= 4 is 18.1 Å². The average Bonchev–Trinajstić information content (AvgIpc) is 2.85. The van der Waals surface area contributed by atoms with Gasteiger partial charge in [0.15, 0.2) is 0 Å². The van der Waals surface area contributed by atoms with Crippen molar-refractivity contribution in [1.29, 1.82) is 5.26 Å². The van der Waals surface area contributed by atoms with Crippen molar-refractivity contribution in [3.63, 3.8) is 0 Å². The monoisotopic (exact) mass is 452 g/mol. The third-order valence-corrected chi connectivity index (χ3v) is 6.48. The van der Waals surface area contributed by atoms with Gasteiger partial charge in [-0.1, -0.05) is 73.2 Å². The summed E-state index contributed by atoms with van der Waals surface area (Å²) < 4.78 is 0. The van der Waals surface area contributed by atoms with Crippen LogP contribution in [0.15, 0.2) is 60.7 Å². The van der Waals surface area contributed by atoms with Gasteiger partial charge in [-0.15, -0.1) is 0 Å². The zero-order valence-corrected chi connectivity index (χ0v) is 19.2. The van der Waals surface area contributed by atoms with E-state index in [0.717, 1.165) is 46.2 Å². The first-order valence-corrected chi connectivity index (χ1v) is 11.5. The van der Waals surface area contributed by atoms with Gasteiger partial charge in [0.05, 0.1) is 5.56 Å². The van der Waals surface area contributed by atoms with E-state index in [9.17, 15) is 20.3 Å². The van der Waals surface area contributed by atoms with Gasteiger partial charge in [0.2, 0.25) is 0 Å². The van der Waals surface area contributed by atoms with Crippen LogP contribution in [0.4, 0.5) is 0 Å². The van der Waals surface area contributed by atoms with Crippen LogP contribution in [0.2, 0.25) is 0 Å². The number of carbonyl (C=O) groups is 1. The number of likely N-dealkylation sites (tertiary alicyclic amines) is 1. The van der Waals surface area contributed by atoms with Crippen molar-refractivity contribution in [3.8, 4) is 22.9 Å². The highest BCUT2D eigenvalue weighted by molar-refractivity contribution is 5.81. The Morgan fingerprint density at radius 3 is 2.59 bits per heavy atom. The number of phenols is 1. The minimum atomic E-state index is -0.804. The molecule has 172 valence electrons. The fourth-order valence-electron chi connectivity index (χ4n) is 4.63. The highest BCUT2D eigenvalue weighted by atomic mass is 16.4. The molecule has 2 N–H and O–H groups in total. The molecule has 34 heavy (non-hydrogen) atoms. The highest BCUT2D eigenvalue weighted by Crippen LogP contribution is 2.30. The van der Waals surface area contributed by atoms with Gasteiger partial charge in [0.25, 0.3) is 0 Å². The van der Waals surface area contributed by atoms with Crippen molar-refractivity contribution < 1.29 is 15.0 Å². The molecule has 0 radical (unpaired) electrons. The SMILES string of the molecule is Cc1cc(CN2CCCC[C@H]2C(=O)O)c(O)cc1/C=C/c1cccc(-c2ccccc2)c1C#N. The number of nitriles is 1. The number of nitrogens with zero attached hydrogens (tertiary/aromatic N) is 2. The minimum absolute atomic E-state index is 0.151. The summed E-state index contributed by atoms with van der Waals surface area (Å²) in [4.78, 5) is 13.5.